The molecule has 0 fully saturated rings. The number of rotatable bonds is 15. The Morgan fingerprint density at radius 2 is 1.77 bits per heavy atom. The largest absolute Gasteiger partial charge is 0.490 e. The maximum Gasteiger partial charge on any atom is 0.411 e. The molecule has 0 bridgehead atoms. The molecule has 1 aliphatic heterocycles. The SMILES string of the molecule is COC1=CCC([C@@H](C)/C=C(C)/C=C\C=C/C(=O)N[C@H](C(=O)N/C=C\C[C@H](C/C=C(\C)Cl)OC(=O)Nc2ccccc2)C(C)(C)C)OC1=O. The second-order valence-electron chi connectivity index (χ2n) is 12.4. The molecular formula is C37H48ClN3O7. The van der Waals surface area contributed by atoms with E-state index in [-0.39, 0.29) is 17.8 Å². The van der Waals surface area contributed by atoms with Crippen molar-refractivity contribution >= 4 is 41.2 Å². The minimum atomic E-state index is -0.831. The van der Waals surface area contributed by atoms with Crippen LogP contribution >= 0.6 is 11.6 Å². The molecule has 1 aliphatic rings. The van der Waals surface area contributed by atoms with Gasteiger partial charge in [-0.15, -0.1) is 0 Å². The van der Waals surface area contributed by atoms with E-state index in [1.54, 1.807) is 61.6 Å². The molecule has 0 saturated carbocycles. The Hall–Kier alpha value is -4.57. The number of methoxy groups -OCH3 is 1. The zero-order valence-corrected chi connectivity index (χ0v) is 29.5. The van der Waals surface area contributed by atoms with Crippen molar-refractivity contribution in [2.45, 2.75) is 79.1 Å². The fraction of sp³-hybridized carbons (Fsp3) is 0.405. The van der Waals surface area contributed by atoms with E-state index in [2.05, 4.69) is 16.0 Å². The van der Waals surface area contributed by atoms with Gasteiger partial charge in [-0.2, -0.15) is 0 Å². The zero-order chi connectivity index (χ0) is 35.7. The van der Waals surface area contributed by atoms with Crippen molar-refractivity contribution in [1.82, 2.24) is 10.6 Å². The third-order valence-corrected chi connectivity index (χ3v) is 7.31. The van der Waals surface area contributed by atoms with E-state index < -0.39 is 41.4 Å². The lowest BCUT2D eigenvalue weighted by atomic mass is 9.86. The van der Waals surface area contributed by atoms with Crippen LogP contribution in [0.15, 0.2) is 102 Å². The Morgan fingerprint density at radius 3 is 2.40 bits per heavy atom. The average molecular weight is 682 g/mol. The van der Waals surface area contributed by atoms with Crippen molar-refractivity contribution in [1.29, 1.82) is 0 Å². The van der Waals surface area contributed by atoms with E-state index in [0.29, 0.717) is 30.0 Å². The summed E-state index contributed by atoms with van der Waals surface area (Å²) in [4.78, 5) is 50.2. The number of allylic oxidation sites excluding steroid dienone is 5. The Kier molecular flexibility index (Phi) is 16.5. The molecule has 10 nitrogen and oxygen atoms in total. The van der Waals surface area contributed by atoms with Gasteiger partial charge >= 0.3 is 12.1 Å². The molecule has 1 unspecified atom stereocenters. The van der Waals surface area contributed by atoms with Gasteiger partial charge in [-0.1, -0.05) is 99.5 Å². The molecule has 0 aliphatic carbocycles. The Balaban J connectivity index is 1.92. The number of esters is 1. The quantitative estimate of drug-likeness (QED) is 0.101. The van der Waals surface area contributed by atoms with Gasteiger partial charge < -0.3 is 24.8 Å². The number of hydrogen-bond donors (Lipinski definition) is 3. The maximum atomic E-state index is 13.1. The van der Waals surface area contributed by atoms with Crippen LogP contribution < -0.4 is 16.0 Å². The summed E-state index contributed by atoms with van der Waals surface area (Å²) in [6.07, 6.45) is 15.0. The van der Waals surface area contributed by atoms with Gasteiger partial charge in [-0.3, -0.25) is 14.9 Å². The third kappa shape index (κ3) is 14.9. The highest BCUT2D eigenvalue weighted by atomic mass is 35.5. The van der Waals surface area contributed by atoms with E-state index in [1.165, 1.54) is 19.4 Å². The van der Waals surface area contributed by atoms with Crippen molar-refractivity contribution in [2.24, 2.45) is 11.3 Å². The van der Waals surface area contributed by atoms with Gasteiger partial charge in [0.2, 0.25) is 11.8 Å². The Bertz CT molecular complexity index is 1430. The van der Waals surface area contributed by atoms with E-state index in [4.69, 9.17) is 25.8 Å². The van der Waals surface area contributed by atoms with Crippen molar-refractivity contribution in [2.75, 3.05) is 12.4 Å². The van der Waals surface area contributed by atoms with Gasteiger partial charge in [-0.05, 0) is 43.7 Å². The number of anilines is 1. The molecule has 1 heterocycles. The lowest BCUT2D eigenvalue weighted by Crippen LogP contribution is -2.52. The second kappa shape index (κ2) is 19.9. The van der Waals surface area contributed by atoms with Gasteiger partial charge in [0.1, 0.15) is 18.2 Å². The van der Waals surface area contributed by atoms with Crippen LogP contribution in [-0.2, 0) is 28.6 Å². The van der Waals surface area contributed by atoms with E-state index in [1.807, 2.05) is 52.8 Å². The highest BCUT2D eigenvalue weighted by molar-refractivity contribution is 6.29. The second-order valence-corrected chi connectivity index (χ2v) is 13.0. The molecule has 0 saturated heterocycles. The van der Waals surface area contributed by atoms with E-state index >= 15 is 0 Å². The fourth-order valence-corrected chi connectivity index (χ4v) is 4.67. The number of para-hydroxylation sites is 1. The van der Waals surface area contributed by atoms with Crippen LogP contribution in [0.4, 0.5) is 10.5 Å². The molecule has 260 valence electrons. The van der Waals surface area contributed by atoms with Crippen LogP contribution in [0.3, 0.4) is 0 Å². The summed E-state index contributed by atoms with van der Waals surface area (Å²) in [7, 11) is 1.44. The molecule has 2 rings (SSSR count). The molecule has 0 spiro atoms. The fourth-order valence-electron chi connectivity index (χ4n) is 4.58. The molecule has 11 heteroatoms. The van der Waals surface area contributed by atoms with Crippen LogP contribution in [-0.4, -0.2) is 49.2 Å². The summed E-state index contributed by atoms with van der Waals surface area (Å²) in [5, 5.41) is 8.76. The maximum absolute atomic E-state index is 13.1. The summed E-state index contributed by atoms with van der Waals surface area (Å²) in [6.45, 7) is 11.2. The highest BCUT2D eigenvalue weighted by Gasteiger charge is 2.32. The first-order valence-electron chi connectivity index (χ1n) is 15.8. The lowest BCUT2D eigenvalue weighted by molar-refractivity contribution is -0.151. The Labute approximate surface area is 289 Å². The molecule has 0 radical (unpaired) electrons. The smallest absolute Gasteiger partial charge is 0.411 e. The monoisotopic (exact) mass is 681 g/mol. The predicted molar refractivity (Wildman–Crippen MR) is 189 cm³/mol. The van der Waals surface area contributed by atoms with Crippen LogP contribution in [0.2, 0.25) is 0 Å². The number of carbonyl (C=O) groups excluding carboxylic acids is 4. The van der Waals surface area contributed by atoms with Gasteiger partial charge in [0, 0.05) is 42.0 Å². The molecule has 3 N–H and O–H groups in total. The number of halogens is 1. The third-order valence-electron chi connectivity index (χ3n) is 7.16. The van der Waals surface area contributed by atoms with Gasteiger partial charge in [0.15, 0.2) is 5.76 Å². The first-order chi connectivity index (χ1) is 22.7. The van der Waals surface area contributed by atoms with E-state index in [0.717, 1.165) is 5.57 Å². The van der Waals surface area contributed by atoms with Crippen LogP contribution in [0.1, 0.15) is 60.8 Å². The summed E-state index contributed by atoms with van der Waals surface area (Å²) >= 11 is 5.99. The molecular weight excluding hydrogens is 634 g/mol. The summed E-state index contributed by atoms with van der Waals surface area (Å²) in [5.74, 6) is -1.09. The number of nitrogens with one attached hydrogen (secondary N) is 3. The summed E-state index contributed by atoms with van der Waals surface area (Å²) in [6, 6.07) is 8.12. The van der Waals surface area contributed by atoms with Crippen molar-refractivity contribution in [3.8, 4) is 0 Å². The number of amides is 3. The van der Waals surface area contributed by atoms with Crippen molar-refractivity contribution in [3.63, 3.8) is 0 Å². The summed E-state index contributed by atoms with van der Waals surface area (Å²) < 4.78 is 16.0. The standard InChI is InChI=1S/C37H48ClN3O7/c1-25(24-26(2)30-21-22-31(46-7)35(44)48-30)14-11-12-18-32(42)41-33(37(4,5)6)34(43)39-23-13-17-29(20-19-27(3)38)47-36(45)40-28-15-9-8-10-16-28/h8-16,18-19,22-24,26,29-30,33H,17,20-21H2,1-7H3,(H,39,43)(H,40,45)(H,41,42)/b14-11-,18-12-,23-13-,25-24+,27-19+/t26-,29+,30?,33+/m0/s1. The topological polar surface area (TPSA) is 132 Å². The Morgan fingerprint density at radius 1 is 1.08 bits per heavy atom. The van der Waals surface area contributed by atoms with Gasteiger partial charge in [0.25, 0.3) is 0 Å². The summed E-state index contributed by atoms with van der Waals surface area (Å²) in [5.41, 5.74) is 0.955. The first kappa shape index (κ1) is 39.6. The minimum Gasteiger partial charge on any atom is -0.490 e. The number of ether oxygens (including phenoxy) is 3. The highest BCUT2D eigenvalue weighted by Crippen LogP contribution is 2.23. The van der Waals surface area contributed by atoms with Gasteiger partial charge in [0.05, 0.1) is 7.11 Å². The minimum absolute atomic E-state index is 0.0233. The average Bonchev–Trinajstić information content (AvgIpc) is 3.02. The molecule has 1 aromatic rings. The molecule has 0 aromatic heterocycles. The number of cyclic esters (lactones) is 1. The predicted octanol–water partition coefficient (Wildman–Crippen LogP) is 7.23. The van der Waals surface area contributed by atoms with E-state index in [9.17, 15) is 19.2 Å². The van der Waals surface area contributed by atoms with Gasteiger partial charge in [-0.25, -0.2) is 9.59 Å². The van der Waals surface area contributed by atoms with Crippen LogP contribution in [0.5, 0.6) is 0 Å². The molecule has 48 heavy (non-hydrogen) atoms. The van der Waals surface area contributed by atoms with Crippen molar-refractivity contribution in [3.05, 3.63) is 102 Å². The zero-order valence-electron chi connectivity index (χ0n) is 28.7. The first-order valence-corrected chi connectivity index (χ1v) is 16.2. The number of hydrogen-bond acceptors (Lipinski definition) is 7. The van der Waals surface area contributed by atoms with Crippen molar-refractivity contribution < 1.29 is 33.4 Å². The lowest BCUT2D eigenvalue weighted by Gasteiger charge is -2.29. The molecule has 3 amide bonds. The molecule has 4 atom stereocenters. The number of benzene rings is 1. The van der Waals surface area contributed by atoms with Crippen LogP contribution in [0, 0.1) is 11.3 Å². The normalized spacial score (nSPS) is 17.8. The molecule has 1 aromatic carbocycles. The number of carbonyl (C=O) groups is 4. The van der Waals surface area contributed by atoms with Crippen LogP contribution in [0.25, 0.3) is 0 Å².